The summed E-state index contributed by atoms with van der Waals surface area (Å²) in [4.78, 5) is 22.5. The molecule has 0 N–H and O–H groups in total. The Balaban J connectivity index is 1.44. The summed E-state index contributed by atoms with van der Waals surface area (Å²) in [6, 6.07) is 1.78. The van der Waals surface area contributed by atoms with E-state index in [1.807, 2.05) is 4.90 Å². The van der Waals surface area contributed by atoms with Crippen molar-refractivity contribution in [2.24, 2.45) is 5.92 Å². The summed E-state index contributed by atoms with van der Waals surface area (Å²) in [6.07, 6.45) is 7.66. The highest BCUT2D eigenvalue weighted by Gasteiger charge is 2.45. The lowest BCUT2D eigenvalue weighted by atomic mass is 10.1. The summed E-state index contributed by atoms with van der Waals surface area (Å²) in [6.45, 7) is 2.04. The van der Waals surface area contributed by atoms with Gasteiger partial charge in [0.05, 0.1) is 18.8 Å². The fourth-order valence-corrected chi connectivity index (χ4v) is 3.45. The van der Waals surface area contributed by atoms with Gasteiger partial charge in [0.1, 0.15) is 18.1 Å². The normalized spacial score (nSPS) is 31.1. The van der Waals surface area contributed by atoms with Gasteiger partial charge in [-0.1, -0.05) is 0 Å². The van der Waals surface area contributed by atoms with E-state index in [9.17, 15) is 4.79 Å². The van der Waals surface area contributed by atoms with Crippen molar-refractivity contribution < 1.29 is 14.3 Å². The molecule has 1 aromatic rings. The van der Waals surface area contributed by atoms with E-state index in [1.165, 1.54) is 19.2 Å². The molecule has 1 aromatic heterocycles. The van der Waals surface area contributed by atoms with Gasteiger partial charge in [-0.15, -0.1) is 0 Å². The van der Waals surface area contributed by atoms with Crippen molar-refractivity contribution in [1.82, 2.24) is 14.9 Å². The predicted molar refractivity (Wildman–Crippen MR) is 78.3 cm³/mol. The van der Waals surface area contributed by atoms with Crippen molar-refractivity contribution in [2.45, 2.75) is 43.9 Å². The first-order chi connectivity index (χ1) is 10.8. The maximum absolute atomic E-state index is 12.7. The van der Waals surface area contributed by atoms with Gasteiger partial charge < -0.3 is 14.4 Å². The Morgan fingerprint density at radius 1 is 1.36 bits per heavy atom. The van der Waals surface area contributed by atoms with Crippen LogP contribution in [0.3, 0.4) is 0 Å². The molecule has 2 saturated carbocycles. The van der Waals surface area contributed by atoms with Crippen LogP contribution in [0.1, 0.15) is 36.2 Å². The highest BCUT2D eigenvalue weighted by molar-refractivity contribution is 5.92. The van der Waals surface area contributed by atoms with Gasteiger partial charge in [0.2, 0.25) is 0 Å². The summed E-state index contributed by atoms with van der Waals surface area (Å²) in [5.74, 6) is 0.727. The molecule has 6 heteroatoms. The monoisotopic (exact) mass is 303 g/mol. The smallest absolute Gasteiger partial charge is 0.272 e. The number of rotatable bonds is 4. The highest BCUT2D eigenvalue weighted by Crippen LogP contribution is 2.35. The third kappa shape index (κ3) is 2.73. The molecule has 22 heavy (non-hydrogen) atoms. The molecule has 0 spiro atoms. The summed E-state index contributed by atoms with van der Waals surface area (Å²) in [7, 11) is 0. The van der Waals surface area contributed by atoms with Crippen LogP contribution in [0, 0.1) is 5.92 Å². The van der Waals surface area contributed by atoms with Gasteiger partial charge in [0.25, 0.3) is 5.91 Å². The van der Waals surface area contributed by atoms with Gasteiger partial charge in [-0.3, -0.25) is 4.79 Å². The van der Waals surface area contributed by atoms with Crippen LogP contribution in [0.15, 0.2) is 18.6 Å². The minimum Gasteiger partial charge on any atom is -0.375 e. The Bertz CT molecular complexity index is 535. The lowest BCUT2D eigenvalue weighted by Gasteiger charge is -2.38. The Morgan fingerprint density at radius 2 is 2.27 bits per heavy atom. The molecule has 3 aliphatic rings. The third-order valence-electron chi connectivity index (χ3n) is 4.84. The maximum atomic E-state index is 12.7. The zero-order valence-corrected chi connectivity index (χ0v) is 12.6. The van der Waals surface area contributed by atoms with Crippen molar-refractivity contribution in [1.29, 1.82) is 0 Å². The molecular weight excluding hydrogens is 282 g/mol. The standard InChI is InChI=1S/C16H21N3O3/c20-16(12-5-6-17-10-18-12)19-7-8-21-15-13(19)3-4-14(15)22-9-11-1-2-11/h5-6,10-11,13-15H,1-4,7-9H2/t13-,14-,15+/m0/s1. The van der Waals surface area contributed by atoms with Crippen LogP contribution in [-0.4, -0.2) is 58.8 Å². The van der Waals surface area contributed by atoms with Crippen LogP contribution in [0.25, 0.3) is 0 Å². The third-order valence-corrected chi connectivity index (χ3v) is 4.84. The summed E-state index contributed by atoms with van der Waals surface area (Å²) >= 11 is 0. The molecule has 2 aliphatic carbocycles. The first-order valence-electron chi connectivity index (χ1n) is 8.13. The number of carbonyl (C=O) groups excluding carboxylic acids is 1. The zero-order valence-electron chi connectivity index (χ0n) is 12.6. The Hall–Kier alpha value is -1.53. The number of aromatic nitrogens is 2. The SMILES string of the molecule is O=C(c1ccncn1)N1CCO[C@H]2[C@@H](OCC3CC3)CC[C@@H]21. The molecule has 4 rings (SSSR count). The van der Waals surface area contributed by atoms with Crippen LogP contribution >= 0.6 is 0 Å². The second-order valence-electron chi connectivity index (χ2n) is 6.39. The average molecular weight is 303 g/mol. The van der Waals surface area contributed by atoms with Gasteiger partial charge in [-0.25, -0.2) is 9.97 Å². The van der Waals surface area contributed by atoms with E-state index in [0.717, 1.165) is 25.4 Å². The molecule has 6 nitrogen and oxygen atoms in total. The summed E-state index contributed by atoms with van der Waals surface area (Å²) in [5.41, 5.74) is 0.456. The Labute approximate surface area is 129 Å². The second kappa shape index (κ2) is 5.93. The molecular formula is C16H21N3O3. The molecule has 1 aliphatic heterocycles. The lowest BCUT2D eigenvalue weighted by molar-refractivity contribution is -0.106. The quantitative estimate of drug-likeness (QED) is 0.838. The van der Waals surface area contributed by atoms with Gasteiger partial charge in [0.15, 0.2) is 0 Å². The highest BCUT2D eigenvalue weighted by atomic mass is 16.5. The fraction of sp³-hybridized carbons (Fsp3) is 0.688. The predicted octanol–water partition coefficient (Wildman–Crippen LogP) is 1.28. The molecule has 1 saturated heterocycles. The first-order valence-corrected chi connectivity index (χ1v) is 8.13. The van der Waals surface area contributed by atoms with E-state index >= 15 is 0 Å². The van der Waals surface area contributed by atoms with Crippen LogP contribution in [-0.2, 0) is 9.47 Å². The molecule has 118 valence electrons. The van der Waals surface area contributed by atoms with E-state index in [1.54, 1.807) is 12.3 Å². The molecule has 2 heterocycles. The van der Waals surface area contributed by atoms with Crippen molar-refractivity contribution in [3.63, 3.8) is 0 Å². The van der Waals surface area contributed by atoms with Crippen molar-refractivity contribution >= 4 is 5.91 Å². The van der Waals surface area contributed by atoms with Crippen LogP contribution < -0.4 is 0 Å². The Kier molecular flexibility index (Phi) is 3.80. The topological polar surface area (TPSA) is 64.6 Å². The summed E-state index contributed by atoms with van der Waals surface area (Å²) in [5, 5.41) is 0. The van der Waals surface area contributed by atoms with Crippen molar-refractivity contribution in [3.05, 3.63) is 24.3 Å². The van der Waals surface area contributed by atoms with Crippen molar-refractivity contribution in [3.8, 4) is 0 Å². The van der Waals surface area contributed by atoms with Gasteiger partial charge in [-0.05, 0) is 37.7 Å². The molecule has 3 atom stereocenters. The number of carbonyl (C=O) groups is 1. The van der Waals surface area contributed by atoms with Crippen LogP contribution in [0.2, 0.25) is 0 Å². The number of morpholine rings is 1. The molecule has 1 amide bonds. The van der Waals surface area contributed by atoms with E-state index in [4.69, 9.17) is 9.47 Å². The van der Waals surface area contributed by atoms with Crippen LogP contribution in [0.4, 0.5) is 0 Å². The minimum atomic E-state index is -0.0245. The average Bonchev–Trinajstić information content (AvgIpc) is 3.31. The Morgan fingerprint density at radius 3 is 3.05 bits per heavy atom. The van der Waals surface area contributed by atoms with Gasteiger partial charge in [0, 0.05) is 19.3 Å². The van der Waals surface area contributed by atoms with Crippen LogP contribution in [0.5, 0.6) is 0 Å². The number of amides is 1. The largest absolute Gasteiger partial charge is 0.375 e. The molecule has 0 radical (unpaired) electrons. The fourth-order valence-electron chi connectivity index (χ4n) is 3.45. The van der Waals surface area contributed by atoms with Gasteiger partial charge in [-0.2, -0.15) is 0 Å². The zero-order chi connectivity index (χ0) is 14.9. The molecule has 3 fully saturated rings. The van der Waals surface area contributed by atoms with Gasteiger partial charge >= 0.3 is 0 Å². The maximum Gasteiger partial charge on any atom is 0.272 e. The number of hydrogen-bond acceptors (Lipinski definition) is 5. The lowest BCUT2D eigenvalue weighted by Crippen LogP contribution is -2.54. The molecule has 0 bridgehead atoms. The van der Waals surface area contributed by atoms with E-state index in [0.29, 0.717) is 18.8 Å². The number of hydrogen-bond donors (Lipinski definition) is 0. The van der Waals surface area contributed by atoms with Crippen molar-refractivity contribution in [2.75, 3.05) is 19.8 Å². The molecule has 0 unspecified atom stereocenters. The number of nitrogens with zero attached hydrogens (tertiary/aromatic N) is 3. The van der Waals surface area contributed by atoms with E-state index in [2.05, 4.69) is 9.97 Å². The van der Waals surface area contributed by atoms with E-state index < -0.39 is 0 Å². The van der Waals surface area contributed by atoms with E-state index in [-0.39, 0.29) is 24.2 Å². The first kappa shape index (κ1) is 14.1. The number of ether oxygens (including phenoxy) is 2. The second-order valence-corrected chi connectivity index (χ2v) is 6.39. The summed E-state index contributed by atoms with van der Waals surface area (Å²) < 4.78 is 12.0. The number of fused-ring (bicyclic) bond motifs is 1. The molecule has 0 aromatic carbocycles. The minimum absolute atomic E-state index is 0.0123.